The van der Waals surface area contributed by atoms with E-state index >= 15 is 0 Å². The van der Waals surface area contributed by atoms with Gasteiger partial charge in [0.2, 0.25) is 0 Å². The van der Waals surface area contributed by atoms with Gasteiger partial charge in [0.1, 0.15) is 5.65 Å². The number of nitrogens with zero attached hydrogens (tertiary/aromatic N) is 2. The maximum Gasteiger partial charge on any atom is 0.259 e. The summed E-state index contributed by atoms with van der Waals surface area (Å²) in [4.78, 5) is 13.0. The van der Waals surface area contributed by atoms with Crippen molar-refractivity contribution in [2.45, 2.75) is 0 Å². The summed E-state index contributed by atoms with van der Waals surface area (Å²) in [6.45, 7) is 0. The smallest absolute Gasteiger partial charge is 0.259 e. The molecule has 0 fully saturated rings. The molecule has 3 nitrogen and oxygen atoms in total. The summed E-state index contributed by atoms with van der Waals surface area (Å²) in [5.74, 6) is 2.67. The van der Waals surface area contributed by atoms with E-state index in [0.29, 0.717) is 21.2 Å². The van der Waals surface area contributed by atoms with Gasteiger partial charge in [-0.05, 0) is 36.4 Å². The first-order chi connectivity index (χ1) is 12.4. The lowest BCUT2D eigenvalue weighted by molar-refractivity contribution is 0.846. The number of halogens is 2. The Morgan fingerprint density at radius 1 is 0.923 bits per heavy atom. The molecule has 0 atom stereocenters. The molecule has 0 radical (unpaired) electrons. The van der Waals surface area contributed by atoms with E-state index in [1.807, 2.05) is 35.9 Å². The first-order valence-electron chi connectivity index (χ1n) is 7.96. The summed E-state index contributed by atoms with van der Waals surface area (Å²) >= 11 is 12.3. The van der Waals surface area contributed by atoms with Crippen LogP contribution >= 0.6 is 23.2 Å². The molecule has 0 aliphatic heterocycles. The molecule has 0 N–H and O–H groups in total. The van der Waals surface area contributed by atoms with Gasteiger partial charge >= 0.3 is 0 Å². The average molecular weight is 381 g/mol. The van der Waals surface area contributed by atoms with E-state index in [1.165, 1.54) is 0 Å². The van der Waals surface area contributed by atoms with Crippen molar-refractivity contribution < 1.29 is 0 Å². The molecule has 0 saturated heterocycles. The van der Waals surface area contributed by atoms with Crippen LogP contribution in [0, 0.1) is 12.3 Å². The zero-order chi connectivity index (χ0) is 18.6. The number of rotatable bonds is 1. The zero-order valence-electron chi connectivity index (χ0n) is 14.2. The third kappa shape index (κ3) is 2.34. The Morgan fingerprint density at radius 2 is 1.69 bits per heavy atom. The van der Waals surface area contributed by atoms with Crippen LogP contribution in [0.5, 0.6) is 0 Å². The third-order valence-electron chi connectivity index (χ3n) is 4.74. The van der Waals surface area contributed by atoms with Gasteiger partial charge in [0.05, 0.1) is 10.5 Å². The highest BCUT2D eigenvalue weighted by Crippen LogP contribution is 2.33. The standard InChI is InChI=1S/C21H14Cl2N2O/c1-4-12-5-8-19-15(9-12)16-11-17(14-7-6-13(22)10-18(14)23)21(26)25(3)20(16)24(19)2/h1,5-11H,2-3H3. The molecule has 4 aromatic rings. The molecule has 5 heteroatoms. The van der Waals surface area contributed by atoms with E-state index in [9.17, 15) is 4.79 Å². The van der Waals surface area contributed by atoms with Gasteiger partial charge in [0.15, 0.2) is 0 Å². The van der Waals surface area contributed by atoms with Gasteiger partial charge in [-0.3, -0.25) is 9.36 Å². The van der Waals surface area contributed by atoms with Gasteiger partial charge in [0, 0.05) is 46.6 Å². The summed E-state index contributed by atoms with van der Waals surface area (Å²) in [6.07, 6.45) is 5.56. The monoisotopic (exact) mass is 380 g/mol. The summed E-state index contributed by atoms with van der Waals surface area (Å²) in [7, 11) is 3.70. The first kappa shape index (κ1) is 16.8. The Kier molecular flexibility index (Phi) is 3.84. The maximum atomic E-state index is 13.0. The Balaban J connectivity index is 2.17. The number of pyridine rings is 1. The van der Waals surface area contributed by atoms with E-state index in [2.05, 4.69) is 5.92 Å². The SMILES string of the molecule is C#Cc1ccc2c(c1)c1cc(-c3ccc(Cl)cc3Cl)c(=O)n(C)c1n2C. The number of hydrogen-bond acceptors (Lipinski definition) is 1. The van der Waals surface area contributed by atoms with Crippen molar-refractivity contribution in [1.82, 2.24) is 9.13 Å². The fraction of sp³-hybridized carbons (Fsp3) is 0.0952. The molecule has 2 heterocycles. The Bertz CT molecular complexity index is 1310. The lowest BCUT2D eigenvalue weighted by Gasteiger charge is -2.09. The fourth-order valence-corrected chi connectivity index (χ4v) is 3.99. The van der Waals surface area contributed by atoms with Gasteiger partial charge < -0.3 is 4.57 Å². The molecule has 26 heavy (non-hydrogen) atoms. The van der Waals surface area contributed by atoms with Crippen LogP contribution in [0.25, 0.3) is 33.1 Å². The van der Waals surface area contributed by atoms with Crippen LogP contribution in [0.2, 0.25) is 10.0 Å². The van der Waals surface area contributed by atoms with E-state index in [-0.39, 0.29) is 5.56 Å². The molecule has 0 amide bonds. The second-order valence-corrected chi connectivity index (χ2v) is 7.06. The molecule has 0 spiro atoms. The number of fused-ring (bicyclic) bond motifs is 3. The first-order valence-corrected chi connectivity index (χ1v) is 8.72. The molecule has 0 aliphatic carbocycles. The van der Waals surface area contributed by atoms with Gasteiger partial charge in [-0.25, -0.2) is 0 Å². The zero-order valence-corrected chi connectivity index (χ0v) is 15.7. The van der Waals surface area contributed by atoms with Crippen LogP contribution < -0.4 is 5.56 Å². The van der Waals surface area contributed by atoms with Crippen molar-refractivity contribution in [3.8, 4) is 23.5 Å². The summed E-state index contributed by atoms with van der Waals surface area (Å²) in [5.41, 5.74) is 3.69. The number of aryl methyl sites for hydroxylation is 2. The number of aromatic nitrogens is 2. The van der Waals surface area contributed by atoms with Crippen LogP contribution in [-0.4, -0.2) is 9.13 Å². The number of terminal acetylenes is 1. The Morgan fingerprint density at radius 3 is 2.38 bits per heavy atom. The second-order valence-electron chi connectivity index (χ2n) is 6.22. The van der Waals surface area contributed by atoms with Crippen LogP contribution in [0.4, 0.5) is 0 Å². The van der Waals surface area contributed by atoms with E-state index in [0.717, 1.165) is 27.5 Å². The molecule has 2 aromatic heterocycles. The molecule has 0 bridgehead atoms. The second kappa shape index (κ2) is 5.95. The topological polar surface area (TPSA) is 26.9 Å². The minimum Gasteiger partial charge on any atom is -0.330 e. The van der Waals surface area contributed by atoms with Gasteiger partial charge in [-0.1, -0.05) is 35.2 Å². The minimum absolute atomic E-state index is 0.121. The lowest BCUT2D eigenvalue weighted by Crippen LogP contribution is -2.20. The van der Waals surface area contributed by atoms with E-state index < -0.39 is 0 Å². The van der Waals surface area contributed by atoms with E-state index in [4.69, 9.17) is 29.6 Å². The molecule has 0 aliphatic rings. The molecule has 128 valence electrons. The normalized spacial score (nSPS) is 11.2. The minimum atomic E-state index is -0.121. The molecule has 0 saturated carbocycles. The van der Waals surface area contributed by atoms with Crippen molar-refractivity contribution in [1.29, 1.82) is 0 Å². The van der Waals surface area contributed by atoms with Crippen LogP contribution in [0.3, 0.4) is 0 Å². The number of hydrogen-bond donors (Lipinski definition) is 0. The van der Waals surface area contributed by atoms with Crippen molar-refractivity contribution in [2.75, 3.05) is 0 Å². The number of benzene rings is 2. The largest absolute Gasteiger partial charge is 0.330 e. The van der Waals surface area contributed by atoms with Crippen molar-refractivity contribution in [3.63, 3.8) is 0 Å². The molecule has 0 unspecified atom stereocenters. The van der Waals surface area contributed by atoms with Gasteiger partial charge in [-0.15, -0.1) is 6.42 Å². The maximum absolute atomic E-state index is 13.0. The lowest BCUT2D eigenvalue weighted by atomic mass is 10.0. The Labute approximate surface area is 160 Å². The molecular weight excluding hydrogens is 367 g/mol. The van der Waals surface area contributed by atoms with Crippen molar-refractivity contribution >= 4 is 45.1 Å². The molecular formula is C21H14Cl2N2O. The van der Waals surface area contributed by atoms with Gasteiger partial charge in [-0.2, -0.15) is 0 Å². The molecule has 2 aromatic carbocycles. The fourth-order valence-electron chi connectivity index (χ4n) is 3.48. The van der Waals surface area contributed by atoms with Gasteiger partial charge in [0.25, 0.3) is 5.56 Å². The highest BCUT2D eigenvalue weighted by atomic mass is 35.5. The van der Waals surface area contributed by atoms with Crippen molar-refractivity contribution in [3.05, 3.63) is 68.4 Å². The highest BCUT2D eigenvalue weighted by molar-refractivity contribution is 6.36. The predicted octanol–water partition coefficient (Wildman–Crippen LogP) is 4.99. The summed E-state index contributed by atoms with van der Waals surface area (Å²) < 4.78 is 3.64. The highest BCUT2D eigenvalue weighted by Gasteiger charge is 2.17. The average Bonchev–Trinajstić information content (AvgIpc) is 2.90. The molecule has 4 rings (SSSR count). The third-order valence-corrected chi connectivity index (χ3v) is 5.28. The van der Waals surface area contributed by atoms with Crippen LogP contribution in [-0.2, 0) is 14.1 Å². The Hall–Kier alpha value is -2.67. The van der Waals surface area contributed by atoms with E-state index in [1.54, 1.807) is 29.8 Å². The summed E-state index contributed by atoms with van der Waals surface area (Å²) in [5, 5.41) is 2.92. The van der Waals surface area contributed by atoms with Crippen molar-refractivity contribution in [2.24, 2.45) is 14.1 Å². The summed E-state index contributed by atoms with van der Waals surface area (Å²) in [6, 6.07) is 12.9. The van der Waals surface area contributed by atoms with Crippen LogP contribution in [0.15, 0.2) is 47.3 Å². The van der Waals surface area contributed by atoms with Crippen LogP contribution in [0.1, 0.15) is 5.56 Å². The predicted molar refractivity (Wildman–Crippen MR) is 109 cm³/mol. The quantitative estimate of drug-likeness (QED) is 0.427.